The minimum atomic E-state index is 0.0309. The smallest absolute Gasteiger partial charge is 0.293 e. The lowest BCUT2D eigenvalue weighted by molar-refractivity contribution is -0.129. The molecule has 1 aromatic carbocycles. The van der Waals surface area contributed by atoms with Gasteiger partial charge in [0.05, 0.1) is 0 Å². The third-order valence-electron chi connectivity index (χ3n) is 4.72. The minimum absolute atomic E-state index is 0.0309. The lowest BCUT2D eigenvalue weighted by Crippen LogP contribution is -2.03. The van der Waals surface area contributed by atoms with Gasteiger partial charge in [-0.25, -0.2) is 4.98 Å². The fourth-order valence-electron chi connectivity index (χ4n) is 3.11. The molecule has 0 bridgehead atoms. The number of hydrogen-bond donors (Lipinski definition) is 0. The van der Waals surface area contributed by atoms with Crippen molar-refractivity contribution in [1.29, 1.82) is 0 Å². The topological polar surface area (TPSA) is 48.4 Å². The third kappa shape index (κ3) is 4.21. The molecular formula is C21H25NO3S. The van der Waals surface area contributed by atoms with Gasteiger partial charge in [-0.3, -0.25) is 4.79 Å². The SMILES string of the molecule is Cc1c(OCc2cccnc2SC(C)C)ccc(C2CC2OC=O)c1C. The second-order valence-corrected chi connectivity index (χ2v) is 8.50. The second kappa shape index (κ2) is 8.12. The summed E-state index contributed by atoms with van der Waals surface area (Å²) in [7, 11) is 0. The molecule has 2 aromatic rings. The second-order valence-electron chi connectivity index (χ2n) is 6.94. The molecular weight excluding hydrogens is 346 g/mol. The Hall–Kier alpha value is -2.01. The molecule has 26 heavy (non-hydrogen) atoms. The quantitative estimate of drug-likeness (QED) is 0.492. The Balaban J connectivity index is 1.72. The van der Waals surface area contributed by atoms with Crippen LogP contribution in [0.25, 0.3) is 0 Å². The molecule has 4 nitrogen and oxygen atoms in total. The Morgan fingerprint density at radius 3 is 2.81 bits per heavy atom. The van der Waals surface area contributed by atoms with E-state index in [2.05, 4.69) is 44.8 Å². The summed E-state index contributed by atoms with van der Waals surface area (Å²) in [6.07, 6.45) is 2.76. The zero-order chi connectivity index (χ0) is 18.7. The fourth-order valence-corrected chi connectivity index (χ4v) is 3.96. The van der Waals surface area contributed by atoms with E-state index in [1.807, 2.05) is 18.3 Å². The zero-order valence-electron chi connectivity index (χ0n) is 15.7. The average molecular weight is 372 g/mol. The monoisotopic (exact) mass is 371 g/mol. The maximum atomic E-state index is 10.5. The Kier molecular flexibility index (Phi) is 5.87. The van der Waals surface area contributed by atoms with E-state index < -0.39 is 0 Å². The Morgan fingerprint density at radius 2 is 2.08 bits per heavy atom. The Labute approximate surface area is 159 Å². The van der Waals surface area contributed by atoms with Crippen molar-refractivity contribution in [3.05, 3.63) is 52.7 Å². The van der Waals surface area contributed by atoms with Gasteiger partial charge >= 0.3 is 0 Å². The highest BCUT2D eigenvalue weighted by Crippen LogP contribution is 2.45. The summed E-state index contributed by atoms with van der Waals surface area (Å²) in [6.45, 7) is 9.57. The van der Waals surface area contributed by atoms with Gasteiger partial charge in [-0.1, -0.05) is 26.0 Å². The molecule has 1 fully saturated rings. The van der Waals surface area contributed by atoms with E-state index in [9.17, 15) is 4.79 Å². The van der Waals surface area contributed by atoms with Crippen molar-refractivity contribution >= 4 is 18.2 Å². The summed E-state index contributed by atoms with van der Waals surface area (Å²) >= 11 is 1.75. The number of carbonyl (C=O) groups is 1. The van der Waals surface area contributed by atoms with Gasteiger partial charge in [-0.05, 0) is 49.1 Å². The first-order valence-corrected chi connectivity index (χ1v) is 9.81. The predicted octanol–water partition coefficient (Wildman–Crippen LogP) is 4.81. The summed E-state index contributed by atoms with van der Waals surface area (Å²) < 4.78 is 11.2. The summed E-state index contributed by atoms with van der Waals surface area (Å²) in [5, 5.41) is 1.51. The van der Waals surface area contributed by atoms with Crippen molar-refractivity contribution in [3.63, 3.8) is 0 Å². The van der Waals surface area contributed by atoms with Gasteiger partial charge in [-0.2, -0.15) is 0 Å². The molecule has 0 saturated heterocycles. The van der Waals surface area contributed by atoms with Crippen LogP contribution < -0.4 is 4.74 Å². The lowest BCUT2D eigenvalue weighted by Gasteiger charge is -2.16. The molecule has 138 valence electrons. The van der Waals surface area contributed by atoms with Crippen LogP contribution in [0.15, 0.2) is 35.5 Å². The number of ether oxygens (including phenoxy) is 2. The Morgan fingerprint density at radius 1 is 1.27 bits per heavy atom. The standard InChI is InChI=1S/C21H25NO3S/c1-13(2)26-21-16(6-5-9-22-21)11-24-19-8-7-17(14(3)15(19)4)18-10-20(18)25-12-23/h5-9,12-13,18,20H,10-11H2,1-4H3. The van der Waals surface area contributed by atoms with Crippen LogP contribution in [-0.2, 0) is 16.1 Å². The van der Waals surface area contributed by atoms with E-state index in [0.717, 1.165) is 28.3 Å². The van der Waals surface area contributed by atoms with Crippen molar-refractivity contribution in [2.24, 2.45) is 0 Å². The molecule has 1 heterocycles. The zero-order valence-corrected chi connectivity index (χ0v) is 16.5. The van der Waals surface area contributed by atoms with Gasteiger partial charge in [0.15, 0.2) is 0 Å². The van der Waals surface area contributed by atoms with Gasteiger partial charge in [0.2, 0.25) is 0 Å². The van der Waals surface area contributed by atoms with E-state index in [1.54, 1.807) is 11.8 Å². The molecule has 0 amide bonds. The summed E-state index contributed by atoms with van der Waals surface area (Å²) in [5.41, 5.74) is 4.71. The highest BCUT2D eigenvalue weighted by molar-refractivity contribution is 7.99. The van der Waals surface area contributed by atoms with Gasteiger partial charge in [-0.15, -0.1) is 11.8 Å². The molecule has 1 aliphatic rings. The van der Waals surface area contributed by atoms with Crippen LogP contribution in [0.1, 0.15) is 48.4 Å². The Bertz CT molecular complexity index is 791. The molecule has 0 spiro atoms. The first-order valence-electron chi connectivity index (χ1n) is 8.93. The van der Waals surface area contributed by atoms with Crippen LogP contribution in [0.4, 0.5) is 0 Å². The molecule has 0 N–H and O–H groups in total. The predicted molar refractivity (Wildman–Crippen MR) is 104 cm³/mol. The number of nitrogens with zero attached hydrogens (tertiary/aromatic N) is 1. The number of rotatable bonds is 8. The molecule has 1 saturated carbocycles. The van der Waals surface area contributed by atoms with Crippen LogP contribution in [0.5, 0.6) is 5.75 Å². The van der Waals surface area contributed by atoms with Gasteiger partial charge in [0.25, 0.3) is 6.47 Å². The molecule has 3 rings (SSSR count). The van der Waals surface area contributed by atoms with E-state index in [4.69, 9.17) is 9.47 Å². The van der Waals surface area contributed by atoms with Crippen molar-refractivity contribution in [2.75, 3.05) is 0 Å². The third-order valence-corrected chi connectivity index (χ3v) is 5.78. The highest BCUT2D eigenvalue weighted by atomic mass is 32.2. The molecule has 5 heteroatoms. The largest absolute Gasteiger partial charge is 0.489 e. The number of aromatic nitrogens is 1. The van der Waals surface area contributed by atoms with Crippen LogP contribution >= 0.6 is 11.8 Å². The number of pyridine rings is 1. The lowest BCUT2D eigenvalue weighted by atomic mass is 9.99. The summed E-state index contributed by atoms with van der Waals surface area (Å²) in [5.74, 6) is 1.21. The van der Waals surface area contributed by atoms with Crippen molar-refractivity contribution in [1.82, 2.24) is 4.98 Å². The van der Waals surface area contributed by atoms with Crippen LogP contribution in [-0.4, -0.2) is 22.8 Å². The molecule has 0 aliphatic heterocycles. The maximum Gasteiger partial charge on any atom is 0.293 e. The van der Waals surface area contributed by atoms with Crippen LogP contribution in [0, 0.1) is 13.8 Å². The van der Waals surface area contributed by atoms with Crippen molar-refractivity contribution in [2.45, 2.75) is 63.0 Å². The van der Waals surface area contributed by atoms with Gasteiger partial charge in [0, 0.05) is 22.9 Å². The maximum absolute atomic E-state index is 10.5. The van der Waals surface area contributed by atoms with E-state index in [1.165, 1.54) is 11.1 Å². The number of carbonyl (C=O) groups excluding carboxylic acids is 1. The average Bonchev–Trinajstić information content (AvgIpc) is 3.36. The van der Waals surface area contributed by atoms with Gasteiger partial charge < -0.3 is 9.47 Å². The molecule has 2 atom stereocenters. The normalized spacial score (nSPS) is 18.7. The molecule has 2 unspecified atom stereocenters. The molecule has 0 radical (unpaired) electrons. The summed E-state index contributed by atoms with van der Waals surface area (Å²) in [4.78, 5) is 15.0. The number of benzene rings is 1. The molecule has 1 aromatic heterocycles. The van der Waals surface area contributed by atoms with Crippen molar-refractivity contribution in [3.8, 4) is 5.75 Å². The van der Waals surface area contributed by atoms with Crippen molar-refractivity contribution < 1.29 is 14.3 Å². The number of hydrogen-bond acceptors (Lipinski definition) is 5. The first kappa shape index (κ1) is 18.8. The molecule has 1 aliphatic carbocycles. The van der Waals surface area contributed by atoms with E-state index in [0.29, 0.717) is 24.2 Å². The van der Waals surface area contributed by atoms with Crippen LogP contribution in [0.3, 0.4) is 0 Å². The minimum Gasteiger partial charge on any atom is -0.489 e. The summed E-state index contributed by atoms with van der Waals surface area (Å²) in [6, 6.07) is 8.15. The first-order chi connectivity index (χ1) is 12.5. The number of thioether (sulfide) groups is 1. The van der Waals surface area contributed by atoms with Crippen LogP contribution in [0.2, 0.25) is 0 Å². The van der Waals surface area contributed by atoms with E-state index >= 15 is 0 Å². The highest BCUT2D eigenvalue weighted by Gasteiger charge is 2.41. The van der Waals surface area contributed by atoms with E-state index in [-0.39, 0.29) is 6.10 Å². The van der Waals surface area contributed by atoms with Gasteiger partial charge in [0.1, 0.15) is 23.5 Å². The fraction of sp³-hybridized carbons (Fsp3) is 0.429.